The monoisotopic (exact) mass is 245 g/mol. The van der Waals surface area contributed by atoms with Crippen molar-refractivity contribution in [3.05, 3.63) is 35.4 Å². The number of aryl methyl sites for hydroxylation is 1. The number of hydrogen-bond donors (Lipinski definition) is 1. The molecule has 1 aromatic carbocycles. The van der Waals surface area contributed by atoms with E-state index in [1.165, 1.54) is 24.0 Å². The van der Waals surface area contributed by atoms with Gasteiger partial charge in [-0.15, -0.1) is 0 Å². The van der Waals surface area contributed by atoms with E-state index in [0.29, 0.717) is 11.5 Å². The van der Waals surface area contributed by atoms with Gasteiger partial charge < -0.3 is 5.32 Å². The molecule has 0 radical (unpaired) electrons. The van der Waals surface area contributed by atoms with Crippen LogP contribution >= 0.6 is 0 Å². The maximum absolute atomic E-state index is 3.76. The molecule has 0 spiro atoms. The van der Waals surface area contributed by atoms with E-state index in [4.69, 9.17) is 0 Å². The Morgan fingerprint density at radius 2 is 1.94 bits per heavy atom. The van der Waals surface area contributed by atoms with Gasteiger partial charge in [0.15, 0.2) is 0 Å². The quantitative estimate of drug-likeness (QED) is 0.847. The van der Waals surface area contributed by atoms with Gasteiger partial charge in [-0.2, -0.15) is 0 Å². The van der Waals surface area contributed by atoms with E-state index in [9.17, 15) is 0 Å². The lowest BCUT2D eigenvalue weighted by Gasteiger charge is -2.19. The molecule has 1 saturated carbocycles. The molecule has 0 saturated heterocycles. The summed E-state index contributed by atoms with van der Waals surface area (Å²) < 4.78 is 0. The van der Waals surface area contributed by atoms with Crippen LogP contribution in [0.4, 0.5) is 0 Å². The fourth-order valence-corrected chi connectivity index (χ4v) is 3.45. The molecule has 1 heteroatoms. The highest BCUT2D eigenvalue weighted by atomic mass is 14.9. The Labute approximate surface area is 112 Å². The summed E-state index contributed by atoms with van der Waals surface area (Å²) in [6.45, 7) is 10.5. The van der Waals surface area contributed by atoms with Gasteiger partial charge in [0.25, 0.3) is 0 Å². The van der Waals surface area contributed by atoms with Crippen molar-refractivity contribution in [3.63, 3.8) is 0 Å². The number of rotatable bonds is 4. The van der Waals surface area contributed by atoms with Gasteiger partial charge in [-0.3, -0.25) is 0 Å². The van der Waals surface area contributed by atoms with Crippen LogP contribution in [0.2, 0.25) is 0 Å². The van der Waals surface area contributed by atoms with Crippen LogP contribution in [0.15, 0.2) is 24.3 Å². The molecule has 0 heterocycles. The molecular formula is C17H27N. The Balaban J connectivity index is 1.81. The number of nitrogens with one attached hydrogen (secondary N) is 1. The van der Waals surface area contributed by atoms with Crippen molar-refractivity contribution in [2.75, 3.05) is 6.54 Å². The fraction of sp³-hybridized carbons (Fsp3) is 0.647. The lowest BCUT2D eigenvalue weighted by molar-refractivity contribution is 0.362. The molecule has 1 nitrogen and oxygen atoms in total. The number of hydrogen-bond acceptors (Lipinski definition) is 1. The third-order valence-corrected chi connectivity index (χ3v) is 4.40. The summed E-state index contributed by atoms with van der Waals surface area (Å²) in [5.41, 5.74) is 3.42. The first-order valence-electron chi connectivity index (χ1n) is 7.26. The Hall–Kier alpha value is -0.820. The predicted octanol–water partition coefficient (Wildman–Crippen LogP) is 3.95. The zero-order chi connectivity index (χ0) is 13.2. The van der Waals surface area contributed by atoms with Gasteiger partial charge in [0, 0.05) is 6.04 Å². The van der Waals surface area contributed by atoms with Crippen molar-refractivity contribution < 1.29 is 0 Å². The first-order chi connectivity index (χ1) is 8.48. The molecule has 1 aromatic rings. The summed E-state index contributed by atoms with van der Waals surface area (Å²) in [5.74, 6) is 0.817. The summed E-state index contributed by atoms with van der Waals surface area (Å²) in [4.78, 5) is 0. The first kappa shape index (κ1) is 13.6. The van der Waals surface area contributed by atoms with E-state index in [2.05, 4.69) is 57.3 Å². The summed E-state index contributed by atoms with van der Waals surface area (Å²) >= 11 is 0. The van der Waals surface area contributed by atoms with E-state index in [1.54, 1.807) is 0 Å². The second kappa shape index (κ2) is 5.44. The smallest absolute Gasteiger partial charge is 0.00981 e. The highest BCUT2D eigenvalue weighted by molar-refractivity contribution is 5.25. The van der Waals surface area contributed by atoms with E-state index >= 15 is 0 Å². The van der Waals surface area contributed by atoms with Crippen LogP contribution in [0.5, 0.6) is 0 Å². The van der Waals surface area contributed by atoms with Crippen molar-refractivity contribution in [1.29, 1.82) is 0 Å². The molecule has 0 amide bonds. The summed E-state index contributed by atoms with van der Waals surface area (Å²) in [6.07, 6.45) is 3.83. The van der Waals surface area contributed by atoms with Crippen LogP contribution < -0.4 is 5.32 Å². The highest BCUT2D eigenvalue weighted by Crippen LogP contribution is 2.40. The molecule has 100 valence electrons. The van der Waals surface area contributed by atoms with E-state index in [0.717, 1.165) is 18.9 Å². The molecule has 1 fully saturated rings. The van der Waals surface area contributed by atoms with Gasteiger partial charge in [-0.1, -0.05) is 45.0 Å². The minimum Gasteiger partial charge on any atom is -0.313 e. The van der Waals surface area contributed by atoms with Gasteiger partial charge in [0.2, 0.25) is 0 Å². The van der Waals surface area contributed by atoms with Gasteiger partial charge in [-0.25, -0.2) is 0 Å². The molecule has 2 rings (SSSR count). The minimum atomic E-state index is 0.528. The molecule has 0 aromatic heterocycles. The Morgan fingerprint density at radius 3 is 2.56 bits per heavy atom. The van der Waals surface area contributed by atoms with Gasteiger partial charge in [-0.05, 0) is 55.2 Å². The SMILES string of the molecule is Cc1ccccc1CCNC1CC(C)(C)CC1C. The largest absolute Gasteiger partial charge is 0.313 e. The van der Waals surface area contributed by atoms with Crippen LogP contribution in [0, 0.1) is 18.3 Å². The van der Waals surface area contributed by atoms with E-state index < -0.39 is 0 Å². The fourth-order valence-electron chi connectivity index (χ4n) is 3.45. The highest BCUT2D eigenvalue weighted by Gasteiger charge is 2.35. The zero-order valence-electron chi connectivity index (χ0n) is 12.3. The maximum Gasteiger partial charge on any atom is 0.00981 e. The average molecular weight is 245 g/mol. The second-order valence-electron chi connectivity index (χ2n) is 6.79. The zero-order valence-corrected chi connectivity index (χ0v) is 12.3. The van der Waals surface area contributed by atoms with E-state index in [1.807, 2.05) is 0 Å². The minimum absolute atomic E-state index is 0.528. The number of benzene rings is 1. The van der Waals surface area contributed by atoms with Crippen LogP contribution in [0.1, 0.15) is 44.7 Å². The summed E-state index contributed by atoms with van der Waals surface area (Å²) in [5, 5.41) is 3.76. The van der Waals surface area contributed by atoms with Gasteiger partial charge in [0.05, 0.1) is 0 Å². The molecule has 2 unspecified atom stereocenters. The molecule has 1 aliphatic rings. The van der Waals surface area contributed by atoms with Crippen LogP contribution in [0.3, 0.4) is 0 Å². The lowest BCUT2D eigenvalue weighted by atomic mass is 9.91. The van der Waals surface area contributed by atoms with Crippen molar-refractivity contribution >= 4 is 0 Å². The maximum atomic E-state index is 3.76. The van der Waals surface area contributed by atoms with Gasteiger partial charge >= 0.3 is 0 Å². The van der Waals surface area contributed by atoms with Crippen LogP contribution in [0.25, 0.3) is 0 Å². The van der Waals surface area contributed by atoms with Crippen molar-refractivity contribution in [3.8, 4) is 0 Å². The molecule has 0 bridgehead atoms. The molecule has 1 N–H and O–H groups in total. The predicted molar refractivity (Wildman–Crippen MR) is 78.9 cm³/mol. The second-order valence-corrected chi connectivity index (χ2v) is 6.79. The standard InChI is InChI=1S/C17H27N/c1-13-7-5-6-8-15(13)9-10-18-16-12-17(3,4)11-14(16)2/h5-8,14,16,18H,9-12H2,1-4H3. The molecule has 2 atom stereocenters. The third-order valence-electron chi connectivity index (χ3n) is 4.40. The third kappa shape index (κ3) is 3.35. The Morgan fingerprint density at radius 1 is 1.22 bits per heavy atom. The normalized spacial score (nSPS) is 26.4. The molecule has 0 aliphatic heterocycles. The Kier molecular flexibility index (Phi) is 4.11. The summed E-state index contributed by atoms with van der Waals surface area (Å²) in [7, 11) is 0. The van der Waals surface area contributed by atoms with E-state index in [-0.39, 0.29) is 0 Å². The van der Waals surface area contributed by atoms with Crippen molar-refractivity contribution in [2.45, 2.75) is 53.0 Å². The molecule has 1 aliphatic carbocycles. The van der Waals surface area contributed by atoms with Crippen LogP contribution in [-0.2, 0) is 6.42 Å². The average Bonchev–Trinajstić information content (AvgIpc) is 2.55. The molecular weight excluding hydrogens is 218 g/mol. The Bertz CT molecular complexity index is 394. The topological polar surface area (TPSA) is 12.0 Å². The van der Waals surface area contributed by atoms with Crippen molar-refractivity contribution in [1.82, 2.24) is 5.32 Å². The summed E-state index contributed by atoms with van der Waals surface area (Å²) in [6, 6.07) is 9.43. The first-order valence-corrected chi connectivity index (χ1v) is 7.26. The van der Waals surface area contributed by atoms with Gasteiger partial charge in [0.1, 0.15) is 0 Å². The van der Waals surface area contributed by atoms with Crippen LogP contribution in [-0.4, -0.2) is 12.6 Å². The lowest BCUT2D eigenvalue weighted by Crippen LogP contribution is -2.33. The van der Waals surface area contributed by atoms with Crippen molar-refractivity contribution in [2.24, 2.45) is 11.3 Å². The molecule has 18 heavy (non-hydrogen) atoms.